The lowest BCUT2D eigenvalue weighted by Crippen LogP contribution is -2.41. The van der Waals surface area contributed by atoms with Gasteiger partial charge in [0.15, 0.2) is 5.82 Å². The summed E-state index contributed by atoms with van der Waals surface area (Å²) in [6, 6.07) is 1.74. The van der Waals surface area contributed by atoms with E-state index in [2.05, 4.69) is 21.8 Å². The fourth-order valence-electron chi connectivity index (χ4n) is 2.11. The molecule has 0 saturated carbocycles. The van der Waals surface area contributed by atoms with Crippen molar-refractivity contribution in [3.63, 3.8) is 0 Å². The SMILES string of the molecule is CC1CCN(S(=O)(=O)Nc2cc(C(C)C)[nH]n2)CC1. The lowest BCUT2D eigenvalue weighted by Gasteiger charge is -2.29. The molecule has 0 atom stereocenters. The summed E-state index contributed by atoms with van der Waals surface area (Å²) in [4.78, 5) is 0. The average Bonchev–Trinajstić information content (AvgIpc) is 2.77. The molecule has 1 aliphatic heterocycles. The quantitative estimate of drug-likeness (QED) is 0.887. The molecule has 0 unspecified atom stereocenters. The Kier molecular flexibility index (Phi) is 4.15. The van der Waals surface area contributed by atoms with Crippen LogP contribution in [-0.4, -0.2) is 36.0 Å². The molecule has 7 heteroatoms. The highest BCUT2D eigenvalue weighted by molar-refractivity contribution is 7.90. The van der Waals surface area contributed by atoms with Gasteiger partial charge in [0.1, 0.15) is 0 Å². The van der Waals surface area contributed by atoms with Gasteiger partial charge in [-0.05, 0) is 24.7 Å². The van der Waals surface area contributed by atoms with E-state index in [-0.39, 0.29) is 0 Å². The zero-order valence-electron chi connectivity index (χ0n) is 11.7. The van der Waals surface area contributed by atoms with E-state index < -0.39 is 10.2 Å². The number of piperidine rings is 1. The van der Waals surface area contributed by atoms with Crippen LogP contribution in [0.15, 0.2) is 6.07 Å². The minimum absolute atomic E-state index is 0.293. The summed E-state index contributed by atoms with van der Waals surface area (Å²) in [5.41, 5.74) is 0.921. The van der Waals surface area contributed by atoms with Crippen molar-refractivity contribution >= 4 is 16.0 Å². The van der Waals surface area contributed by atoms with Gasteiger partial charge in [0.25, 0.3) is 0 Å². The Morgan fingerprint density at radius 3 is 2.58 bits per heavy atom. The highest BCUT2D eigenvalue weighted by atomic mass is 32.2. The predicted molar refractivity (Wildman–Crippen MR) is 75.2 cm³/mol. The standard InChI is InChI=1S/C12H22N4O2S/c1-9(2)11-8-12(14-13-11)15-19(17,18)16-6-4-10(3)5-7-16/h8-10H,4-7H2,1-3H3,(H2,13,14,15). The zero-order chi connectivity index (χ0) is 14.0. The van der Waals surface area contributed by atoms with Crippen molar-refractivity contribution in [2.75, 3.05) is 17.8 Å². The Labute approximate surface area is 114 Å². The molecule has 19 heavy (non-hydrogen) atoms. The maximum absolute atomic E-state index is 12.2. The second-order valence-corrected chi connectivity index (χ2v) is 7.22. The molecule has 2 N–H and O–H groups in total. The van der Waals surface area contributed by atoms with E-state index in [0.717, 1.165) is 18.5 Å². The van der Waals surface area contributed by atoms with Gasteiger partial charge in [-0.25, -0.2) is 0 Å². The molecule has 0 amide bonds. The van der Waals surface area contributed by atoms with E-state index in [1.54, 1.807) is 6.07 Å². The maximum atomic E-state index is 12.2. The van der Waals surface area contributed by atoms with Crippen molar-refractivity contribution in [2.45, 2.75) is 39.5 Å². The first kappa shape index (κ1) is 14.3. The molecular weight excluding hydrogens is 264 g/mol. The van der Waals surface area contributed by atoms with E-state index in [4.69, 9.17) is 0 Å². The molecule has 108 valence electrons. The highest BCUT2D eigenvalue weighted by Gasteiger charge is 2.26. The largest absolute Gasteiger partial charge is 0.302 e. The average molecular weight is 286 g/mol. The molecule has 1 fully saturated rings. The number of hydrogen-bond acceptors (Lipinski definition) is 3. The summed E-state index contributed by atoms with van der Waals surface area (Å²) in [5.74, 6) is 1.26. The Balaban J connectivity index is 2.04. The lowest BCUT2D eigenvalue weighted by atomic mass is 10.0. The molecule has 0 aromatic carbocycles. The molecule has 0 radical (unpaired) electrons. The third kappa shape index (κ3) is 3.48. The van der Waals surface area contributed by atoms with Crippen molar-refractivity contribution in [1.29, 1.82) is 0 Å². The minimum Gasteiger partial charge on any atom is -0.280 e. The van der Waals surface area contributed by atoms with E-state index in [1.807, 2.05) is 13.8 Å². The molecule has 0 spiro atoms. The van der Waals surface area contributed by atoms with Crippen LogP contribution in [0.25, 0.3) is 0 Å². The maximum Gasteiger partial charge on any atom is 0.302 e. The number of H-pyrrole nitrogens is 1. The first-order valence-electron chi connectivity index (χ1n) is 6.71. The number of nitrogens with zero attached hydrogens (tertiary/aromatic N) is 2. The van der Waals surface area contributed by atoms with Crippen LogP contribution < -0.4 is 4.72 Å². The highest BCUT2D eigenvalue weighted by Crippen LogP contribution is 2.21. The molecule has 2 rings (SSSR count). The number of rotatable bonds is 4. The van der Waals surface area contributed by atoms with Gasteiger partial charge in [0, 0.05) is 24.8 Å². The van der Waals surface area contributed by atoms with Gasteiger partial charge >= 0.3 is 10.2 Å². The molecule has 1 aromatic rings. The fourth-order valence-corrected chi connectivity index (χ4v) is 3.30. The van der Waals surface area contributed by atoms with Gasteiger partial charge < -0.3 is 0 Å². The summed E-state index contributed by atoms with van der Waals surface area (Å²) >= 11 is 0. The fraction of sp³-hybridized carbons (Fsp3) is 0.750. The summed E-state index contributed by atoms with van der Waals surface area (Å²) in [5, 5.41) is 6.83. The van der Waals surface area contributed by atoms with Crippen LogP contribution in [0.1, 0.15) is 45.2 Å². The third-order valence-electron chi connectivity index (χ3n) is 3.54. The number of anilines is 1. The molecular formula is C12H22N4O2S. The van der Waals surface area contributed by atoms with Crippen molar-refractivity contribution < 1.29 is 8.42 Å². The van der Waals surface area contributed by atoms with Gasteiger partial charge in [0.2, 0.25) is 0 Å². The number of aromatic amines is 1. The van der Waals surface area contributed by atoms with Crippen LogP contribution in [-0.2, 0) is 10.2 Å². The molecule has 1 aromatic heterocycles. The van der Waals surface area contributed by atoms with E-state index in [1.165, 1.54) is 4.31 Å². The van der Waals surface area contributed by atoms with E-state index in [0.29, 0.717) is 30.7 Å². The Morgan fingerprint density at radius 2 is 2.05 bits per heavy atom. The normalized spacial score (nSPS) is 18.9. The number of hydrogen-bond donors (Lipinski definition) is 2. The molecule has 1 aliphatic rings. The molecule has 0 bridgehead atoms. The van der Waals surface area contributed by atoms with Crippen LogP contribution in [0, 0.1) is 5.92 Å². The second-order valence-electron chi connectivity index (χ2n) is 5.55. The van der Waals surface area contributed by atoms with Crippen LogP contribution in [0.4, 0.5) is 5.82 Å². The van der Waals surface area contributed by atoms with Gasteiger partial charge in [0.05, 0.1) is 0 Å². The van der Waals surface area contributed by atoms with Crippen molar-refractivity contribution in [3.8, 4) is 0 Å². The zero-order valence-corrected chi connectivity index (χ0v) is 12.5. The summed E-state index contributed by atoms with van der Waals surface area (Å²) in [6.45, 7) is 7.37. The first-order valence-corrected chi connectivity index (χ1v) is 8.15. The summed E-state index contributed by atoms with van der Waals surface area (Å²) in [7, 11) is -3.47. The van der Waals surface area contributed by atoms with E-state index in [9.17, 15) is 8.42 Å². The van der Waals surface area contributed by atoms with Gasteiger partial charge in [-0.1, -0.05) is 20.8 Å². The van der Waals surface area contributed by atoms with Crippen molar-refractivity contribution in [3.05, 3.63) is 11.8 Å². The van der Waals surface area contributed by atoms with Gasteiger partial charge in [-0.15, -0.1) is 0 Å². The monoisotopic (exact) mass is 286 g/mol. The third-order valence-corrected chi connectivity index (χ3v) is 5.05. The van der Waals surface area contributed by atoms with Crippen LogP contribution in [0.2, 0.25) is 0 Å². The molecule has 1 saturated heterocycles. The minimum atomic E-state index is -3.47. The Hall–Kier alpha value is -1.08. The van der Waals surface area contributed by atoms with Crippen LogP contribution in [0.5, 0.6) is 0 Å². The van der Waals surface area contributed by atoms with Crippen LogP contribution in [0.3, 0.4) is 0 Å². The number of nitrogens with one attached hydrogen (secondary N) is 2. The van der Waals surface area contributed by atoms with Gasteiger partial charge in [-0.3, -0.25) is 9.82 Å². The molecule has 6 nitrogen and oxygen atoms in total. The summed E-state index contributed by atoms with van der Waals surface area (Å²) in [6.07, 6.45) is 1.83. The van der Waals surface area contributed by atoms with Gasteiger partial charge in [-0.2, -0.15) is 17.8 Å². The van der Waals surface area contributed by atoms with Crippen molar-refractivity contribution in [2.24, 2.45) is 5.92 Å². The topological polar surface area (TPSA) is 78.1 Å². The summed E-state index contributed by atoms with van der Waals surface area (Å²) < 4.78 is 28.4. The molecule has 0 aliphatic carbocycles. The van der Waals surface area contributed by atoms with Crippen LogP contribution >= 0.6 is 0 Å². The van der Waals surface area contributed by atoms with Crippen molar-refractivity contribution in [1.82, 2.24) is 14.5 Å². The molecule has 2 heterocycles. The lowest BCUT2D eigenvalue weighted by molar-refractivity contribution is 0.289. The predicted octanol–water partition coefficient (Wildman–Crippen LogP) is 1.92. The first-order chi connectivity index (χ1) is 8.88. The smallest absolute Gasteiger partial charge is 0.280 e. The van der Waals surface area contributed by atoms with E-state index >= 15 is 0 Å². The Morgan fingerprint density at radius 1 is 1.42 bits per heavy atom. The Bertz CT molecular complexity index is 516. The second kappa shape index (κ2) is 5.50. The number of aromatic nitrogens is 2.